The molecule has 0 aromatic carbocycles. The van der Waals surface area contributed by atoms with Crippen molar-refractivity contribution < 1.29 is 14.3 Å². The molecule has 1 N–H and O–H groups in total. The Hall–Kier alpha value is -0.650. The van der Waals surface area contributed by atoms with Crippen molar-refractivity contribution >= 4 is 5.97 Å². The molecule has 5 heteroatoms. The van der Waals surface area contributed by atoms with Crippen LogP contribution in [0.25, 0.3) is 0 Å². The molecular formula is C16H32N2O3. The minimum Gasteiger partial charge on any atom is -0.468 e. The van der Waals surface area contributed by atoms with E-state index in [0.717, 1.165) is 58.5 Å². The molecule has 0 saturated carbocycles. The zero-order chi connectivity index (χ0) is 15.7. The third kappa shape index (κ3) is 5.57. The molecule has 0 spiro atoms. The molecule has 0 amide bonds. The van der Waals surface area contributed by atoms with Crippen molar-refractivity contribution in [2.24, 2.45) is 0 Å². The Bertz CT molecular complexity index is 312. The number of esters is 1. The van der Waals surface area contributed by atoms with Crippen molar-refractivity contribution in [2.75, 3.05) is 40.0 Å². The van der Waals surface area contributed by atoms with Crippen LogP contribution in [0.15, 0.2) is 0 Å². The average Bonchev–Trinajstić information content (AvgIpc) is 2.52. The average molecular weight is 300 g/mol. The van der Waals surface area contributed by atoms with Gasteiger partial charge in [-0.25, -0.2) is 0 Å². The smallest absolute Gasteiger partial charge is 0.325 e. The van der Waals surface area contributed by atoms with Crippen molar-refractivity contribution in [3.63, 3.8) is 0 Å². The van der Waals surface area contributed by atoms with Crippen molar-refractivity contribution in [3.05, 3.63) is 0 Å². The predicted molar refractivity (Wildman–Crippen MR) is 84.4 cm³/mol. The molecule has 2 atom stereocenters. The zero-order valence-electron chi connectivity index (χ0n) is 14.1. The summed E-state index contributed by atoms with van der Waals surface area (Å²) in [5.41, 5.74) is -0.571. The molecule has 0 bridgehead atoms. The minimum atomic E-state index is -0.571. The van der Waals surface area contributed by atoms with Crippen LogP contribution in [0, 0.1) is 0 Å². The maximum Gasteiger partial charge on any atom is 0.325 e. The Morgan fingerprint density at radius 2 is 2.24 bits per heavy atom. The summed E-state index contributed by atoms with van der Waals surface area (Å²) in [6.45, 7) is 10.7. The molecule has 2 unspecified atom stereocenters. The first kappa shape index (κ1) is 18.4. The van der Waals surface area contributed by atoms with E-state index in [0.29, 0.717) is 6.04 Å². The van der Waals surface area contributed by atoms with Crippen molar-refractivity contribution in [1.82, 2.24) is 10.2 Å². The quantitative estimate of drug-likeness (QED) is 0.658. The maximum absolute atomic E-state index is 12.0. The number of nitrogens with one attached hydrogen (secondary N) is 1. The van der Waals surface area contributed by atoms with Crippen LogP contribution >= 0.6 is 0 Å². The van der Waals surface area contributed by atoms with E-state index in [2.05, 4.69) is 24.1 Å². The standard InChI is InChI=1S/C16H32N2O3/c1-5-9-17-16(3,15(19)20-4)8-7-10-18-11-12-21-13-14(18)6-2/h14,17H,5-13H2,1-4H3. The molecule has 124 valence electrons. The van der Waals surface area contributed by atoms with Gasteiger partial charge < -0.3 is 14.8 Å². The van der Waals surface area contributed by atoms with Crippen LogP contribution in [-0.4, -0.2) is 62.4 Å². The topological polar surface area (TPSA) is 50.8 Å². The SMILES string of the molecule is CCCNC(C)(CCCN1CCOCC1CC)C(=O)OC. The number of carbonyl (C=O) groups is 1. The summed E-state index contributed by atoms with van der Waals surface area (Å²) in [6.07, 6.45) is 3.91. The fourth-order valence-corrected chi connectivity index (χ4v) is 2.88. The summed E-state index contributed by atoms with van der Waals surface area (Å²) in [5, 5.41) is 3.34. The Balaban J connectivity index is 2.46. The van der Waals surface area contributed by atoms with Gasteiger partial charge in [0.2, 0.25) is 0 Å². The lowest BCUT2D eigenvalue weighted by atomic mass is 9.95. The monoisotopic (exact) mass is 300 g/mol. The van der Waals surface area contributed by atoms with E-state index in [1.54, 1.807) is 0 Å². The van der Waals surface area contributed by atoms with Gasteiger partial charge in [0.25, 0.3) is 0 Å². The highest BCUT2D eigenvalue weighted by atomic mass is 16.5. The van der Waals surface area contributed by atoms with Crippen LogP contribution < -0.4 is 5.32 Å². The number of methoxy groups -OCH3 is 1. The second kappa shape index (κ2) is 9.38. The maximum atomic E-state index is 12.0. The number of hydrogen-bond donors (Lipinski definition) is 1. The first-order valence-electron chi connectivity index (χ1n) is 8.22. The fourth-order valence-electron chi connectivity index (χ4n) is 2.88. The van der Waals surface area contributed by atoms with Crippen LogP contribution in [0.5, 0.6) is 0 Å². The Labute approximate surface area is 129 Å². The number of morpholine rings is 1. The summed E-state index contributed by atoms with van der Waals surface area (Å²) in [5.74, 6) is -0.162. The second-order valence-corrected chi connectivity index (χ2v) is 6.03. The molecule has 1 rings (SSSR count). The summed E-state index contributed by atoms with van der Waals surface area (Å²) < 4.78 is 10.5. The number of rotatable bonds is 9. The van der Waals surface area contributed by atoms with Crippen molar-refractivity contribution in [1.29, 1.82) is 0 Å². The summed E-state index contributed by atoms with van der Waals surface area (Å²) >= 11 is 0. The van der Waals surface area contributed by atoms with Crippen LogP contribution in [0.1, 0.15) is 46.5 Å². The van der Waals surface area contributed by atoms with Crippen molar-refractivity contribution in [2.45, 2.75) is 58.0 Å². The van der Waals surface area contributed by atoms with Gasteiger partial charge in [0.15, 0.2) is 0 Å². The number of hydrogen-bond acceptors (Lipinski definition) is 5. The van der Waals surface area contributed by atoms with Crippen LogP contribution in [0.4, 0.5) is 0 Å². The highest BCUT2D eigenvalue weighted by Gasteiger charge is 2.33. The molecule has 0 aromatic rings. The van der Waals surface area contributed by atoms with E-state index in [1.807, 2.05) is 6.92 Å². The van der Waals surface area contributed by atoms with Crippen LogP contribution in [0.3, 0.4) is 0 Å². The van der Waals surface area contributed by atoms with E-state index in [-0.39, 0.29) is 5.97 Å². The van der Waals surface area contributed by atoms with Gasteiger partial charge in [-0.2, -0.15) is 0 Å². The molecule has 5 nitrogen and oxygen atoms in total. The van der Waals surface area contributed by atoms with E-state index in [9.17, 15) is 4.79 Å². The van der Waals surface area contributed by atoms with Gasteiger partial charge in [0.1, 0.15) is 5.54 Å². The van der Waals surface area contributed by atoms with Crippen LogP contribution in [-0.2, 0) is 14.3 Å². The predicted octanol–water partition coefficient (Wildman–Crippen LogP) is 1.81. The van der Waals surface area contributed by atoms with Crippen molar-refractivity contribution in [3.8, 4) is 0 Å². The van der Waals surface area contributed by atoms with E-state index < -0.39 is 5.54 Å². The molecule has 0 aromatic heterocycles. The van der Waals surface area contributed by atoms with E-state index in [1.165, 1.54) is 7.11 Å². The van der Waals surface area contributed by atoms with Gasteiger partial charge in [0.05, 0.1) is 20.3 Å². The van der Waals surface area contributed by atoms with Gasteiger partial charge >= 0.3 is 5.97 Å². The largest absolute Gasteiger partial charge is 0.468 e. The molecule has 1 saturated heterocycles. The van der Waals surface area contributed by atoms with Gasteiger partial charge in [0, 0.05) is 12.6 Å². The highest BCUT2D eigenvalue weighted by molar-refractivity contribution is 5.80. The molecule has 21 heavy (non-hydrogen) atoms. The first-order chi connectivity index (χ1) is 10.1. The van der Waals surface area contributed by atoms with E-state index in [4.69, 9.17) is 9.47 Å². The summed E-state index contributed by atoms with van der Waals surface area (Å²) in [6, 6.07) is 0.520. The van der Waals surface area contributed by atoms with Gasteiger partial charge in [-0.1, -0.05) is 13.8 Å². The molecule has 1 aliphatic heterocycles. The lowest BCUT2D eigenvalue weighted by Gasteiger charge is -2.36. The summed E-state index contributed by atoms with van der Waals surface area (Å²) in [4.78, 5) is 14.5. The number of ether oxygens (including phenoxy) is 2. The lowest BCUT2D eigenvalue weighted by Crippen LogP contribution is -2.51. The minimum absolute atomic E-state index is 0.162. The zero-order valence-corrected chi connectivity index (χ0v) is 14.1. The first-order valence-corrected chi connectivity index (χ1v) is 8.22. The molecule has 1 aliphatic rings. The van der Waals surface area contributed by atoms with Gasteiger partial charge in [-0.3, -0.25) is 9.69 Å². The van der Waals surface area contributed by atoms with E-state index >= 15 is 0 Å². The van der Waals surface area contributed by atoms with Gasteiger partial charge in [-0.15, -0.1) is 0 Å². The summed E-state index contributed by atoms with van der Waals surface area (Å²) in [7, 11) is 1.46. The molecule has 1 heterocycles. The van der Waals surface area contributed by atoms with Crippen LogP contribution in [0.2, 0.25) is 0 Å². The Morgan fingerprint density at radius 3 is 2.86 bits per heavy atom. The third-order valence-corrected chi connectivity index (χ3v) is 4.34. The Morgan fingerprint density at radius 1 is 1.48 bits per heavy atom. The molecular weight excluding hydrogens is 268 g/mol. The second-order valence-electron chi connectivity index (χ2n) is 6.03. The van der Waals surface area contributed by atoms with Gasteiger partial charge in [-0.05, 0) is 45.7 Å². The fraction of sp³-hybridized carbons (Fsp3) is 0.938. The number of carbonyl (C=O) groups excluding carboxylic acids is 1. The number of nitrogens with zero attached hydrogens (tertiary/aromatic N) is 1. The highest BCUT2D eigenvalue weighted by Crippen LogP contribution is 2.17. The molecule has 0 radical (unpaired) electrons. The molecule has 1 fully saturated rings. The normalized spacial score (nSPS) is 22.8. The third-order valence-electron chi connectivity index (χ3n) is 4.34. The molecule has 0 aliphatic carbocycles. The Kier molecular flexibility index (Phi) is 8.22. The lowest BCUT2D eigenvalue weighted by molar-refractivity contribution is -0.148.